The molecule has 3 rings (SSSR count). The monoisotopic (exact) mass is 595 g/mol. The molecule has 1 heterocycles. The van der Waals surface area contributed by atoms with Gasteiger partial charge in [-0.25, -0.2) is 4.98 Å². The molecule has 214 valence electrons. The van der Waals surface area contributed by atoms with Gasteiger partial charge in [0.25, 0.3) is 5.91 Å². The summed E-state index contributed by atoms with van der Waals surface area (Å²) in [5.74, 6) is 1.02. The highest BCUT2D eigenvalue weighted by Gasteiger charge is 2.11. The number of nitrogens with one attached hydrogen (secondary N) is 1. The summed E-state index contributed by atoms with van der Waals surface area (Å²) in [6, 6.07) is 15.9. The van der Waals surface area contributed by atoms with Crippen LogP contribution in [0.25, 0.3) is 11.0 Å². The fourth-order valence-electron chi connectivity index (χ4n) is 5.40. The molecule has 1 N–H and O–H groups in total. The molecule has 0 atom stereocenters. The van der Waals surface area contributed by atoms with E-state index in [9.17, 15) is 4.79 Å². The van der Waals surface area contributed by atoms with E-state index in [1.807, 2.05) is 30.3 Å². The van der Waals surface area contributed by atoms with Crippen LogP contribution in [0, 0.1) is 0 Å². The van der Waals surface area contributed by atoms with Gasteiger partial charge in [-0.2, -0.15) is 0 Å². The highest BCUT2D eigenvalue weighted by Crippen LogP contribution is 2.19. The van der Waals surface area contributed by atoms with Crippen molar-refractivity contribution in [1.82, 2.24) is 14.9 Å². The van der Waals surface area contributed by atoms with Gasteiger partial charge in [0.05, 0.1) is 11.0 Å². The molecule has 1 amide bonds. The third kappa shape index (κ3) is 11.9. The van der Waals surface area contributed by atoms with Gasteiger partial charge in [-0.05, 0) is 36.8 Å². The molecule has 2 aromatic carbocycles. The van der Waals surface area contributed by atoms with Gasteiger partial charge in [-0.1, -0.05) is 137 Å². The largest absolute Gasteiger partial charge is 0.352 e. The third-order valence-corrected chi connectivity index (χ3v) is 8.18. The SMILES string of the molecule is CCCCCCCCCCCCCCCCCCn1c(CCNC(=O)c2cccc(Br)c2)nc2ccccc21. The van der Waals surface area contributed by atoms with Crippen LogP contribution in [-0.4, -0.2) is 22.0 Å². The van der Waals surface area contributed by atoms with Gasteiger partial charge in [0.1, 0.15) is 5.82 Å². The topological polar surface area (TPSA) is 46.9 Å². The number of para-hydroxylation sites is 2. The Labute approximate surface area is 245 Å². The van der Waals surface area contributed by atoms with Gasteiger partial charge in [-0.15, -0.1) is 0 Å². The fraction of sp³-hybridized carbons (Fsp3) is 0.588. The van der Waals surface area contributed by atoms with E-state index in [4.69, 9.17) is 4.98 Å². The van der Waals surface area contributed by atoms with E-state index in [0.29, 0.717) is 12.1 Å². The number of carbonyl (C=O) groups is 1. The summed E-state index contributed by atoms with van der Waals surface area (Å²) in [6.07, 6.45) is 22.9. The molecule has 0 aliphatic rings. The Kier molecular flexibility index (Phi) is 15.3. The van der Waals surface area contributed by atoms with Crippen LogP contribution >= 0.6 is 15.9 Å². The molecule has 0 fully saturated rings. The van der Waals surface area contributed by atoms with Gasteiger partial charge in [-0.3, -0.25) is 4.79 Å². The first-order valence-corrected chi connectivity index (χ1v) is 16.5. The number of nitrogens with zero attached hydrogens (tertiary/aromatic N) is 2. The van der Waals surface area contributed by atoms with Crippen molar-refractivity contribution in [3.05, 3.63) is 64.4 Å². The second kappa shape index (κ2) is 19.0. The zero-order valence-corrected chi connectivity index (χ0v) is 25.8. The third-order valence-electron chi connectivity index (χ3n) is 7.69. The second-order valence-electron chi connectivity index (χ2n) is 11.0. The molecule has 4 nitrogen and oxygen atoms in total. The summed E-state index contributed by atoms with van der Waals surface area (Å²) in [6.45, 7) is 3.86. The number of aromatic nitrogens is 2. The lowest BCUT2D eigenvalue weighted by Crippen LogP contribution is -2.26. The number of amides is 1. The predicted octanol–water partition coefficient (Wildman–Crippen LogP) is 10.0. The standard InChI is InChI=1S/C34H50BrN3O/c1-2-3-4-5-6-7-8-9-10-11-12-13-14-15-16-19-27-38-32-24-18-17-23-31(32)37-33(38)25-26-36-34(39)29-21-20-22-30(35)28-29/h17-18,20-24,28H,2-16,19,25-27H2,1H3,(H,36,39). The predicted molar refractivity (Wildman–Crippen MR) is 169 cm³/mol. The van der Waals surface area contributed by atoms with Crippen LogP contribution in [0.1, 0.15) is 126 Å². The van der Waals surface area contributed by atoms with E-state index in [1.165, 1.54) is 108 Å². The highest BCUT2D eigenvalue weighted by molar-refractivity contribution is 9.10. The Balaban J connectivity index is 1.29. The Morgan fingerprint density at radius 2 is 1.36 bits per heavy atom. The van der Waals surface area contributed by atoms with Crippen LogP contribution in [0.5, 0.6) is 0 Å². The van der Waals surface area contributed by atoms with Gasteiger partial charge in [0.2, 0.25) is 0 Å². The summed E-state index contributed by atoms with van der Waals surface area (Å²) < 4.78 is 3.28. The number of halogens is 1. The molecule has 0 saturated carbocycles. The van der Waals surface area contributed by atoms with E-state index in [1.54, 1.807) is 0 Å². The van der Waals surface area contributed by atoms with Crippen molar-refractivity contribution < 1.29 is 4.79 Å². The number of hydrogen-bond acceptors (Lipinski definition) is 2. The van der Waals surface area contributed by atoms with Crippen LogP contribution in [-0.2, 0) is 13.0 Å². The lowest BCUT2D eigenvalue weighted by atomic mass is 10.0. The molecule has 0 saturated heterocycles. The maximum atomic E-state index is 12.5. The van der Waals surface area contributed by atoms with Crippen molar-refractivity contribution in [2.75, 3.05) is 6.54 Å². The summed E-state index contributed by atoms with van der Waals surface area (Å²) >= 11 is 3.44. The van der Waals surface area contributed by atoms with Crippen LogP contribution in [0.2, 0.25) is 0 Å². The van der Waals surface area contributed by atoms with Crippen LogP contribution < -0.4 is 5.32 Å². The van der Waals surface area contributed by atoms with Crippen molar-refractivity contribution in [2.24, 2.45) is 0 Å². The Bertz CT molecular complexity index is 1090. The Morgan fingerprint density at radius 1 is 0.769 bits per heavy atom. The second-order valence-corrected chi connectivity index (χ2v) is 11.9. The molecule has 0 bridgehead atoms. The maximum Gasteiger partial charge on any atom is 0.251 e. The fourth-order valence-corrected chi connectivity index (χ4v) is 5.80. The molecule has 0 radical (unpaired) electrons. The van der Waals surface area contributed by atoms with E-state index in [2.05, 4.69) is 50.9 Å². The van der Waals surface area contributed by atoms with Crippen molar-refractivity contribution in [2.45, 2.75) is 123 Å². The average molecular weight is 597 g/mol. The first-order chi connectivity index (χ1) is 19.2. The molecule has 5 heteroatoms. The highest BCUT2D eigenvalue weighted by atomic mass is 79.9. The minimum atomic E-state index is -0.0447. The zero-order valence-electron chi connectivity index (χ0n) is 24.2. The molecule has 0 unspecified atom stereocenters. The maximum absolute atomic E-state index is 12.5. The first kappa shape index (κ1) is 31.4. The minimum absolute atomic E-state index is 0.0447. The Morgan fingerprint density at radius 3 is 1.97 bits per heavy atom. The molecule has 0 aliphatic heterocycles. The van der Waals surface area contributed by atoms with E-state index < -0.39 is 0 Å². The van der Waals surface area contributed by atoms with E-state index in [-0.39, 0.29) is 5.91 Å². The lowest BCUT2D eigenvalue weighted by molar-refractivity contribution is 0.0954. The quantitative estimate of drug-likeness (QED) is 0.124. The number of fused-ring (bicyclic) bond motifs is 1. The van der Waals surface area contributed by atoms with Crippen LogP contribution in [0.4, 0.5) is 0 Å². The van der Waals surface area contributed by atoms with Gasteiger partial charge in [0.15, 0.2) is 0 Å². The van der Waals surface area contributed by atoms with Gasteiger partial charge in [0, 0.05) is 29.5 Å². The minimum Gasteiger partial charge on any atom is -0.352 e. The number of rotatable bonds is 21. The van der Waals surface area contributed by atoms with Gasteiger partial charge < -0.3 is 9.88 Å². The first-order valence-electron chi connectivity index (χ1n) is 15.7. The summed E-state index contributed by atoms with van der Waals surface area (Å²) in [7, 11) is 0. The van der Waals surface area contributed by atoms with E-state index >= 15 is 0 Å². The number of carbonyl (C=O) groups excluding carboxylic acids is 1. The molecule has 3 aromatic rings. The smallest absolute Gasteiger partial charge is 0.251 e. The van der Waals surface area contributed by atoms with Crippen molar-refractivity contribution >= 4 is 32.9 Å². The molecule has 1 aromatic heterocycles. The Hall–Kier alpha value is -2.14. The lowest BCUT2D eigenvalue weighted by Gasteiger charge is -2.10. The summed E-state index contributed by atoms with van der Waals surface area (Å²) in [5.41, 5.74) is 2.92. The van der Waals surface area contributed by atoms with Crippen molar-refractivity contribution in [1.29, 1.82) is 0 Å². The number of aryl methyl sites for hydroxylation is 1. The van der Waals surface area contributed by atoms with Gasteiger partial charge >= 0.3 is 0 Å². The van der Waals surface area contributed by atoms with Crippen molar-refractivity contribution in [3.63, 3.8) is 0 Å². The molecular formula is C34H50BrN3O. The number of imidazole rings is 1. The number of unbranched alkanes of at least 4 members (excludes halogenated alkanes) is 15. The average Bonchev–Trinajstić information content (AvgIpc) is 3.30. The normalized spacial score (nSPS) is 11.3. The molecular weight excluding hydrogens is 546 g/mol. The van der Waals surface area contributed by atoms with Crippen LogP contribution in [0.15, 0.2) is 53.0 Å². The molecule has 0 spiro atoms. The number of benzene rings is 2. The molecule has 0 aliphatic carbocycles. The zero-order chi connectivity index (χ0) is 27.5. The van der Waals surface area contributed by atoms with Crippen molar-refractivity contribution in [3.8, 4) is 0 Å². The number of hydrogen-bond donors (Lipinski definition) is 1. The molecule has 39 heavy (non-hydrogen) atoms. The summed E-state index contributed by atoms with van der Waals surface area (Å²) in [5, 5.41) is 3.06. The van der Waals surface area contributed by atoms with Crippen LogP contribution in [0.3, 0.4) is 0 Å². The summed E-state index contributed by atoms with van der Waals surface area (Å²) in [4.78, 5) is 17.4. The van der Waals surface area contributed by atoms with E-state index in [0.717, 1.165) is 28.8 Å².